The first-order valence-electron chi connectivity index (χ1n) is 8.35. The monoisotopic (exact) mass is 425 g/mol. The van der Waals surface area contributed by atoms with Crippen LogP contribution < -0.4 is 0 Å². The summed E-state index contributed by atoms with van der Waals surface area (Å²) in [5.74, 6) is 0. The minimum absolute atomic E-state index is 0. The van der Waals surface area contributed by atoms with E-state index in [1.807, 2.05) is 12.1 Å². The molecule has 0 saturated heterocycles. The van der Waals surface area contributed by atoms with Gasteiger partial charge in [0.2, 0.25) is 0 Å². The predicted molar refractivity (Wildman–Crippen MR) is 105 cm³/mol. The molecule has 0 aliphatic carbocycles. The van der Waals surface area contributed by atoms with E-state index in [9.17, 15) is 17.3 Å². The van der Waals surface area contributed by atoms with Crippen LogP contribution in [0.1, 0.15) is 0 Å². The molecular formula is C22H18BF4Fe. The van der Waals surface area contributed by atoms with Crippen molar-refractivity contribution in [2.75, 3.05) is 0 Å². The van der Waals surface area contributed by atoms with E-state index in [4.69, 9.17) is 0 Å². The second-order valence-electron chi connectivity index (χ2n) is 5.57. The van der Waals surface area contributed by atoms with Crippen molar-refractivity contribution in [3.8, 4) is 22.3 Å². The van der Waals surface area contributed by atoms with Gasteiger partial charge in [-0.2, -0.15) is 24.3 Å². The zero-order valence-electron chi connectivity index (χ0n) is 14.8. The van der Waals surface area contributed by atoms with Gasteiger partial charge < -0.3 is 17.3 Å². The van der Waals surface area contributed by atoms with E-state index in [1.54, 1.807) is 0 Å². The molecule has 0 aromatic heterocycles. The fraction of sp³-hybridized carbons (Fsp3) is 0. The minimum atomic E-state index is -6.00. The Morgan fingerprint density at radius 2 is 0.714 bits per heavy atom. The summed E-state index contributed by atoms with van der Waals surface area (Å²) in [5, 5.41) is 0. The third-order valence-electron chi connectivity index (χ3n) is 3.54. The molecule has 0 spiro atoms. The van der Waals surface area contributed by atoms with Crippen molar-refractivity contribution in [1.29, 1.82) is 0 Å². The van der Waals surface area contributed by atoms with Gasteiger partial charge in [0, 0.05) is 0 Å². The standard InChI is InChI=1S/2C11H9.BF4.Fe/c2*1-2-6-10(7-3-1)11-8-4-5-9-11;2-1(3,4)5;/h2*1-9H;;/q3*-1;+3. The third-order valence-corrected chi connectivity index (χ3v) is 3.54. The van der Waals surface area contributed by atoms with Crippen molar-refractivity contribution in [3.05, 3.63) is 109 Å². The average molecular weight is 425 g/mol. The molecule has 0 amide bonds. The molecule has 0 aliphatic heterocycles. The van der Waals surface area contributed by atoms with Gasteiger partial charge in [-0.3, -0.25) is 0 Å². The summed E-state index contributed by atoms with van der Waals surface area (Å²) in [7, 11) is -6.00. The fourth-order valence-corrected chi connectivity index (χ4v) is 2.39. The molecule has 0 fully saturated rings. The topological polar surface area (TPSA) is 0 Å². The van der Waals surface area contributed by atoms with Gasteiger partial charge in [-0.15, -0.1) is 59.7 Å². The summed E-state index contributed by atoms with van der Waals surface area (Å²) < 4.78 is 39.0. The molecule has 0 N–H and O–H groups in total. The van der Waals surface area contributed by atoms with Crippen LogP contribution in [-0.4, -0.2) is 7.25 Å². The van der Waals surface area contributed by atoms with E-state index in [0.29, 0.717) is 0 Å². The van der Waals surface area contributed by atoms with Gasteiger partial charge in [0.15, 0.2) is 0 Å². The SMILES string of the molecule is F[B-](F)(F)F.[Fe+3].c1ccc(-[c-]2cccc2)cc1.c1ccc(-[c-]2cccc2)cc1. The molecule has 28 heavy (non-hydrogen) atoms. The largest absolute Gasteiger partial charge is 3.00 e. The number of hydrogen-bond donors (Lipinski definition) is 0. The van der Waals surface area contributed by atoms with Crippen molar-refractivity contribution in [2.24, 2.45) is 0 Å². The van der Waals surface area contributed by atoms with E-state index in [0.717, 1.165) is 0 Å². The zero-order valence-corrected chi connectivity index (χ0v) is 15.9. The van der Waals surface area contributed by atoms with Gasteiger partial charge in [-0.05, 0) is 0 Å². The molecule has 6 heteroatoms. The average Bonchev–Trinajstić information content (AvgIpc) is 3.37. The molecule has 0 bridgehead atoms. The van der Waals surface area contributed by atoms with Crippen LogP contribution in [0.2, 0.25) is 0 Å². The van der Waals surface area contributed by atoms with Crippen molar-refractivity contribution < 1.29 is 34.3 Å². The van der Waals surface area contributed by atoms with Crippen molar-refractivity contribution in [1.82, 2.24) is 0 Å². The Labute approximate surface area is 173 Å². The maximum Gasteiger partial charge on any atom is 3.00 e. The number of rotatable bonds is 2. The van der Waals surface area contributed by atoms with Gasteiger partial charge in [0.1, 0.15) is 0 Å². The van der Waals surface area contributed by atoms with E-state index < -0.39 is 7.25 Å². The Hall–Kier alpha value is -2.56. The van der Waals surface area contributed by atoms with Crippen LogP contribution in [0.3, 0.4) is 0 Å². The van der Waals surface area contributed by atoms with Crippen LogP contribution in [0.15, 0.2) is 109 Å². The second kappa shape index (κ2) is 12.0. The summed E-state index contributed by atoms with van der Waals surface area (Å²) in [5.41, 5.74) is 5.17. The van der Waals surface area contributed by atoms with Crippen LogP contribution in [-0.2, 0) is 17.1 Å². The molecule has 145 valence electrons. The summed E-state index contributed by atoms with van der Waals surface area (Å²) in [6.45, 7) is 0. The molecule has 4 rings (SSSR count). The van der Waals surface area contributed by atoms with Gasteiger partial charge in [0.05, 0.1) is 0 Å². The molecule has 0 aliphatic rings. The van der Waals surface area contributed by atoms with Crippen LogP contribution in [0.5, 0.6) is 0 Å². The number of benzene rings is 2. The van der Waals surface area contributed by atoms with Gasteiger partial charge in [0.25, 0.3) is 0 Å². The molecule has 0 saturated carbocycles. The molecule has 0 atom stereocenters. The maximum atomic E-state index is 9.75. The second-order valence-corrected chi connectivity index (χ2v) is 5.57. The molecule has 0 nitrogen and oxygen atoms in total. The smallest absolute Gasteiger partial charge is 0.418 e. The summed E-state index contributed by atoms with van der Waals surface area (Å²) in [6, 6.07) is 37.5. The van der Waals surface area contributed by atoms with Crippen LogP contribution in [0.25, 0.3) is 22.3 Å². The first-order chi connectivity index (χ1) is 12.9. The Morgan fingerprint density at radius 1 is 0.464 bits per heavy atom. The van der Waals surface area contributed by atoms with Crippen LogP contribution in [0.4, 0.5) is 17.3 Å². The third kappa shape index (κ3) is 9.40. The minimum Gasteiger partial charge on any atom is -0.418 e. The van der Waals surface area contributed by atoms with Gasteiger partial charge in [-0.1, -0.05) is 47.5 Å². The van der Waals surface area contributed by atoms with Crippen molar-refractivity contribution in [2.45, 2.75) is 0 Å². The van der Waals surface area contributed by atoms with Crippen LogP contribution in [0, 0.1) is 0 Å². The molecular weight excluding hydrogens is 407 g/mol. The first kappa shape index (κ1) is 23.5. The number of hydrogen-bond acceptors (Lipinski definition) is 0. The van der Waals surface area contributed by atoms with Crippen LogP contribution >= 0.6 is 0 Å². The zero-order chi connectivity index (χ0) is 19.5. The molecule has 0 unspecified atom stereocenters. The van der Waals surface area contributed by atoms with E-state index >= 15 is 0 Å². The summed E-state index contributed by atoms with van der Waals surface area (Å²) in [4.78, 5) is 0. The maximum absolute atomic E-state index is 9.75. The van der Waals surface area contributed by atoms with Gasteiger partial charge >= 0.3 is 24.3 Å². The summed E-state index contributed by atoms with van der Waals surface area (Å²) >= 11 is 0. The molecule has 0 heterocycles. The van der Waals surface area contributed by atoms with E-state index in [-0.39, 0.29) is 17.1 Å². The molecule has 4 aromatic carbocycles. The Kier molecular flexibility index (Phi) is 10.1. The summed E-state index contributed by atoms with van der Waals surface area (Å²) in [6.07, 6.45) is 0. The number of halogens is 4. The van der Waals surface area contributed by atoms with Crippen molar-refractivity contribution >= 4 is 7.25 Å². The molecule has 1 radical (unpaired) electrons. The van der Waals surface area contributed by atoms with Gasteiger partial charge in [-0.25, -0.2) is 0 Å². The Morgan fingerprint density at radius 3 is 0.964 bits per heavy atom. The van der Waals surface area contributed by atoms with E-state index in [2.05, 4.69) is 97.1 Å². The quantitative estimate of drug-likeness (QED) is 0.178. The predicted octanol–water partition coefficient (Wildman–Crippen LogP) is 7.44. The first-order valence-corrected chi connectivity index (χ1v) is 8.35. The Balaban J connectivity index is 0.000000222. The Bertz CT molecular complexity index is 780. The van der Waals surface area contributed by atoms with E-state index in [1.165, 1.54) is 22.3 Å². The van der Waals surface area contributed by atoms with Crippen molar-refractivity contribution in [3.63, 3.8) is 0 Å². The molecule has 4 aromatic rings. The fourth-order valence-electron chi connectivity index (χ4n) is 2.39. The normalized spacial score (nSPS) is 9.86.